The molecule has 0 saturated heterocycles. The first-order valence-electron chi connectivity index (χ1n) is 9.96. The molecule has 0 radical (unpaired) electrons. The van der Waals surface area contributed by atoms with Gasteiger partial charge in [-0.15, -0.1) is 0 Å². The Morgan fingerprint density at radius 2 is 1.84 bits per heavy atom. The van der Waals surface area contributed by atoms with Gasteiger partial charge in [0, 0.05) is 37.5 Å². The molecule has 0 bridgehead atoms. The van der Waals surface area contributed by atoms with Gasteiger partial charge in [0.15, 0.2) is 6.26 Å². The van der Waals surface area contributed by atoms with Crippen molar-refractivity contribution in [3.05, 3.63) is 31.2 Å². The van der Waals surface area contributed by atoms with Crippen LogP contribution in [0.2, 0.25) is 0 Å². The van der Waals surface area contributed by atoms with E-state index < -0.39 is 23.8 Å². The van der Waals surface area contributed by atoms with Gasteiger partial charge in [0.1, 0.15) is 6.61 Å². The fourth-order valence-corrected chi connectivity index (χ4v) is 2.54. The molecule has 10 heteroatoms. The van der Waals surface area contributed by atoms with Crippen LogP contribution < -0.4 is 0 Å². The molecular formula is C21H36O10. The molecule has 10 nitrogen and oxygen atoms in total. The number of carbonyl (C=O) groups is 1. The topological polar surface area (TPSA) is 144 Å². The summed E-state index contributed by atoms with van der Waals surface area (Å²) in [5.41, 5.74) is 2.33. The molecular weight excluding hydrogens is 412 g/mol. The Morgan fingerprint density at radius 1 is 1.16 bits per heavy atom. The van der Waals surface area contributed by atoms with Crippen molar-refractivity contribution in [1.82, 2.24) is 0 Å². The molecule has 5 atom stereocenters. The van der Waals surface area contributed by atoms with E-state index >= 15 is 0 Å². The van der Waals surface area contributed by atoms with Crippen LogP contribution in [0.4, 0.5) is 0 Å². The fraction of sp³-hybridized carbons (Fsp3) is 0.714. The largest absolute Gasteiger partial charge is 0.460 e. The van der Waals surface area contributed by atoms with E-state index in [1.807, 2.05) is 0 Å². The molecule has 31 heavy (non-hydrogen) atoms. The lowest BCUT2D eigenvalue weighted by molar-refractivity contribution is -0.391. The maximum atomic E-state index is 11.0. The molecule has 180 valence electrons. The standard InChI is InChI=1S/C21H36O10/c1-5-7-30-31-21(4,26)9-18(11-23)14-28-16(3)12-27-13-17(10-22)8-19(24)15-29-20(25)6-2/h6-7,16-19,22-24,26H,1-2,8-15H2,3-4H3. The lowest BCUT2D eigenvalue weighted by Gasteiger charge is -2.26. The first-order chi connectivity index (χ1) is 14.7. The summed E-state index contributed by atoms with van der Waals surface area (Å²) < 4.78 is 15.9. The van der Waals surface area contributed by atoms with Crippen molar-refractivity contribution in [3.8, 4) is 0 Å². The molecule has 0 rings (SSSR count). The predicted octanol–water partition coefficient (Wildman–Crippen LogP) is 0.451. The van der Waals surface area contributed by atoms with Gasteiger partial charge >= 0.3 is 5.97 Å². The van der Waals surface area contributed by atoms with Gasteiger partial charge in [-0.2, -0.15) is 4.89 Å². The zero-order valence-corrected chi connectivity index (χ0v) is 18.3. The lowest BCUT2D eigenvalue weighted by Crippen LogP contribution is -2.34. The Bertz CT molecular complexity index is 544. The van der Waals surface area contributed by atoms with Crippen molar-refractivity contribution in [2.45, 2.75) is 44.7 Å². The Labute approximate surface area is 183 Å². The van der Waals surface area contributed by atoms with Gasteiger partial charge in [-0.3, -0.25) is 0 Å². The predicted molar refractivity (Wildman–Crippen MR) is 110 cm³/mol. The number of rotatable bonds is 19. The summed E-state index contributed by atoms with van der Waals surface area (Å²) in [6.45, 7) is 9.64. The number of esters is 1. The maximum absolute atomic E-state index is 11.0. The molecule has 0 heterocycles. The van der Waals surface area contributed by atoms with Crippen molar-refractivity contribution in [3.63, 3.8) is 0 Å². The second-order valence-corrected chi connectivity index (χ2v) is 7.38. The summed E-state index contributed by atoms with van der Waals surface area (Å²) in [6.07, 6.45) is 1.06. The van der Waals surface area contributed by atoms with Crippen LogP contribution in [-0.4, -0.2) is 84.0 Å². The molecule has 0 saturated carbocycles. The van der Waals surface area contributed by atoms with Crippen molar-refractivity contribution in [2.24, 2.45) is 11.8 Å². The normalized spacial score (nSPS) is 16.8. The summed E-state index contributed by atoms with van der Waals surface area (Å²) in [6, 6.07) is 0. The number of hydrogen-bond acceptors (Lipinski definition) is 10. The van der Waals surface area contributed by atoms with Crippen LogP contribution in [0, 0.1) is 11.8 Å². The summed E-state index contributed by atoms with van der Waals surface area (Å²) in [7, 11) is 0. The monoisotopic (exact) mass is 448 g/mol. The van der Waals surface area contributed by atoms with E-state index in [0.717, 1.165) is 12.3 Å². The first kappa shape index (κ1) is 29.2. The molecule has 0 aliphatic heterocycles. The molecule has 0 aromatic rings. The van der Waals surface area contributed by atoms with Crippen LogP contribution in [0.3, 0.4) is 0 Å². The molecule has 0 fully saturated rings. The zero-order valence-electron chi connectivity index (χ0n) is 18.3. The Morgan fingerprint density at radius 3 is 2.42 bits per heavy atom. The summed E-state index contributed by atoms with van der Waals surface area (Å²) in [5.74, 6) is -3.02. The second kappa shape index (κ2) is 16.9. The molecule has 0 aromatic heterocycles. The molecule has 0 aliphatic carbocycles. The third-order valence-corrected chi connectivity index (χ3v) is 4.06. The van der Waals surface area contributed by atoms with Crippen molar-refractivity contribution < 1.29 is 49.2 Å². The van der Waals surface area contributed by atoms with Gasteiger partial charge in [-0.25, -0.2) is 4.79 Å². The Balaban J connectivity index is 4.20. The first-order valence-corrected chi connectivity index (χ1v) is 9.96. The van der Waals surface area contributed by atoms with E-state index in [1.165, 1.54) is 6.92 Å². The van der Waals surface area contributed by atoms with Crippen LogP contribution in [0.1, 0.15) is 26.7 Å². The molecule has 0 spiro atoms. The minimum atomic E-state index is -1.64. The lowest BCUT2D eigenvalue weighted by atomic mass is 10.0. The van der Waals surface area contributed by atoms with Gasteiger partial charge in [-0.05, 0) is 20.3 Å². The minimum absolute atomic E-state index is 0.0585. The SMILES string of the molecule is C=C=COOC(C)(O)CC(CO)COC(C)COCC(CO)CC(O)COC(=O)C=C. The van der Waals surface area contributed by atoms with Crippen LogP contribution in [0.5, 0.6) is 0 Å². The highest BCUT2D eigenvalue weighted by Gasteiger charge is 2.28. The van der Waals surface area contributed by atoms with Crippen LogP contribution in [0.15, 0.2) is 31.2 Å². The van der Waals surface area contributed by atoms with E-state index in [4.69, 9.17) is 19.1 Å². The highest BCUT2D eigenvalue weighted by atomic mass is 17.2. The Kier molecular flexibility index (Phi) is 15.9. The van der Waals surface area contributed by atoms with Crippen molar-refractivity contribution >= 4 is 5.97 Å². The average Bonchev–Trinajstić information content (AvgIpc) is 2.74. The third-order valence-electron chi connectivity index (χ3n) is 4.06. The van der Waals surface area contributed by atoms with Crippen molar-refractivity contribution in [2.75, 3.05) is 39.6 Å². The van der Waals surface area contributed by atoms with E-state index in [-0.39, 0.29) is 64.5 Å². The molecule has 0 aromatic carbocycles. The van der Waals surface area contributed by atoms with Gasteiger partial charge in [-0.1, -0.05) is 18.9 Å². The smallest absolute Gasteiger partial charge is 0.330 e. The number of carbonyl (C=O) groups excluding carboxylic acids is 1. The van der Waals surface area contributed by atoms with E-state index in [0.29, 0.717) is 0 Å². The highest BCUT2D eigenvalue weighted by Crippen LogP contribution is 2.19. The number of hydrogen-bond donors (Lipinski definition) is 4. The maximum Gasteiger partial charge on any atom is 0.330 e. The third kappa shape index (κ3) is 15.7. The molecule has 5 unspecified atom stereocenters. The molecule has 0 amide bonds. The van der Waals surface area contributed by atoms with Gasteiger partial charge < -0.3 is 39.5 Å². The number of aliphatic hydroxyl groups is 4. The van der Waals surface area contributed by atoms with E-state index in [2.05, 4.69) is 23.8 Å². The Hall–Kier alpha value is -1.75. The van der Waals surface area contributed by atoms with Crippen LogP contribution in [-0.2, 0) is 28.8 Å². The van der Waals surface area contributed by atoms with E-state index in [9.17, 15) is 25.2 Å². The summed E-state index contributed by atoms with van der Waals surface area (Å²) >= 11 is 0. The number of ether oxygens (including phenoxy) is 3. The molecule has 4 N–H and O–H groups in total. The average molecular weight is 449 g/mol. The van der Waals surface area contributed by atoms with E-state index in [1.54, 1.807) is 6.92 Å². The highest BCUT2D eigenvalue weighted by molar-refractivity contribution is 5.81. The van der Waals surface area contributed by atoms with Gasteiger partial charge in [0.05, 0.1) is 32.0 Å². The van der Waals surface area contributed by atoms with Gasteiger partial charge in [0.2, 0.25) is 5.79 Å². The second-order valence-electron chi connectivity index (χ2n) is 7.38. The van der Waals surface area contributed by atoms with Gasteiger partial charge in [0.25, 0.3) is 0 Å². The number of aliphatic hydroxyl groups excluding tert-OH is 3. The summed E-state index contributed by atoms with van der Waals surface area (Å²) in [4.78, 5) is 20.4. The fourth-order valence-electron chi connectivity index (χ4n) is 2.54. The molecule has 0 aliphatic rings. The summed E-state index contributed by atoms with van der Waals surface area (Å²) in [5, 5.41) is 38.9. The van der Waals surface area contributed by atoms with Crippen LogP contribution >= 0.6 is 0 Å². The minimum Gasteiger partial charge on any atom is -0.460 e. The quantitative estimate of drug-likeness (QED) is 0.0418. The van der Waals surface area contributed by atoms with Crippen molar-refractivity contribution in [1.29, 1.82) is 0 Å². The zero-order chi connectivity index (χ0) is 23.7. The van der Waals surface area contributed by atoms with Crippen LogP contribution in [0.25, 0.3) is 0 Å².